The molecule has 0 unspecified atom stereocenters. The average molecular weight is 259 g/mol. The van der Waals surface area contributed by atoms with Gasteiger partial charge in [-0.3, -0.25) is 4.99 Å². The molecule has 0 aliphatic carbocycles. The van der Waals surface area contributed by atoms with Crippen molar-refractivity contribution in [2.24, 2.45) is 10.9 Å². The molecule has 0 fully saturated rings. The maximum Gasteiger partial charge on any atom is 0.103 e. The summed E-state index contributed by atoms with van der Waals surface area (Å²) in [6.07, 6.45) is 1.04. The van der Waals surface area contributed by atoms with Crippen LogP contribution in [0.15, 0.2) is 23.2 Å². The van der Waals surface area contributed by atoms with Crippen LogP contribution < -0.4 is 5.32 Å². The third kappa shape index (κ3) is 3.39. The Hall–Kier alpha value is -0.730. The molecule has 1 rings (SSSR count). The van der Waals surface area contributed by atoms with Gasteiger partial charge in [-0.05, 0) is 24.6 Å². The highest BCUT2D eigenvalue weighted by molar-refractivity contribution is 6.42. The molecule has 1 aromatic rings. The first-order chi connectivity index (χ1) is 7.58. The van der Waals surface area contributed by atoms with E-state index in [1.165, 1.54) is 0 Å². The molecule has 0 bridgehead atoms. The average Bonchev–Trinajstić information content (AvgIpc) is 2.29. The van der Waals surface area contributed by atoms with Gasteiger partial charge < -0.3 is 5.32 Å². The van der Waals surface area contributed by atoms with Crippen LogP contribution in [0.2, 0.25) is 10.0 Å². The Morgan fingerprint density at radius 3 is 2.56 bits per heavy atom. The van der Waals surface area contributed by atoms with Crippen molar-refractivity contribution in [1.29, 1.82) is 0 Å². The van der Waals surface area contributed by atoms with Gasteiger partial charge in [0, 0.05) is 18.7 Å². The smallest absolute Gasteiger partial charge is 0.103 e. The van der Waals surface area contributed by atoms with Crippen molar-refractivity contribution >= 4 is 34.7 Å². The first kappa shape index (κ1) is 13.3. The zero-order valence-electron chi connectivity index (χ0n) is 9.72. The van der Waals surface area contributed by atoms with Crippen LogP contribution in [0.4, 0.5) is 5.69 Å². The molecule has 0 heterocycles. The minimum absolute atomic E-state index is 0.402. The van der Waals surface area contributed by atoms with E-state index >= 15 is 0 Å². The van der Waals surface area contributed by atoms with Gasteiger partial charge in [-0.15, -0.1) is 0 Å². The zero-order valence-corrected chi connectivity index (χ0v) is 11.2. The lowest BCUT2D eigenvalue weighted by Gasteiger charge is -2.15. The summed E-state index contributed by atoms with van der Waals surface area (Å²) in [7, 11) is 1.78. The lowest BCUT2D eigenvalue weighted by atomic mass is 10.1. The highest BCUT2D eigenvalue weighted by atomic mass is 35.5. The molecule has 1 N–H and O–H groups in total. The van der Waals surface area contributed by atoms with Gasteiger partial charge in [0.15, 0.2) is 0 Å². The van der Waals surface area contributed by atoms with Crippen LogP contribution in [0.5, 0.6) is 0 Å². The summed E-state index contributed by atoms with van der Waals surface area (Å²) in [4.78, 5) is 4.24. The molecule has 0 aromatic heterocycles. The Labute approximate surface area is 107 Å². The number of benzene rings is 1. The molecule has 4 heteroatoms. The van der Waals surface area contributed by atoms with Gasteiger partial charge in [-0.1, -0.05) is 37.0 Å². The van der Waals surface area contributed by atoms with Crippen LogP contribution in [0.1, 0.15) is 20.3 Å². The molecule has 16 heavy (non-hydrogen) atoms. The van der Waals surface area contributed by atoms with Crippen LogP contribution in [0, 0.1) is 5.92 Å². The Morgan fingerprint density at radius 1 is 1.38 bits per heavy atom. The maximum absolute atomic E-state index is 5.94. The van der Waals surface area contributed by atoms with E-state index in [0.29, 0.717) is 16.0 Å². The Balaban J connectivity index is 2.83. The van der Waals surface area contributed by atoms with Crippen molar-refractivity contribution in [3.63, 3.8) is 0 Å². The van der Waals surface area contributed by atoms with Gasteiger partial charge in [0.2, 0.25) is 0 Å². The normalized spacial score (nSPS) is 13.7. The first-order valence-electron chi connectivity index (χ1n) is 5.27. The van der Waals surface area contributed by atoms with E-state index in [9.17, 15) is 0 Å². The van der Waals surface area contributed by atoms with Crippen molar-refractivity contribution < 1.29 is 0 Å². The highest BCUT2D eigenvalue weighted by Gasteiger charge is 2.08. The molecule has 1 aromatic carbocycles. The molecule has 0 saturated heterocycles. The third-order valence-corrected chi connectivity index (χ3v) is 3.25. The van der Waals surface area contributed by atoms with E-state index < -0.39 is 0 Å². The second-order valence-corrected chi connectivity index (χ2v) is 4.49. The van der Waals surface area contributed by atoms with E-state index in [0.717, 1.165) is 17.9 Å². The van der Waals surface area contributed by atoms with Crippen LogP contribution >= 0.6 is 23.2 Å². The Bertz CT molecular complexity index is 389. The molecule has 0 spiro atoms. The van der Waals surface area contributed by atoms with Gasteiger partial charge in [-0.2, -0.15) is 0 Å². The van der Waals surface area contributed by atoms with Crippen molar-refractivity contribution in [1.82, 2.24) is 0 Å². The van der Waals surface area contributed by atoms with Gasteiger partial charge in [0.05, 0.1) is 10.0 Å². The third-order valence-electron chi connectivity index (χ3n) is 2.51. The van der Waals surface area contributed by atoms with Gasteiger partial charge >= 0.3 is 0 Å². The number of amidine groups is 1. The quantitative estimate of drug-likeness (QED) is 0.628. The SMILES string of the molecule is CC[C@@H](C)C(=NC)Nc1ccc(Cl)c(Cl)c1. The Kier molecular flexibility index (Phi) is 5.10. The van der Waals surface area contributed by atoms with Crippen LogP contribution in [0.3, 0.4) is 0 Å². The Morgan fingerprint density at radius 2 is 2.06 bits per heavy atom. The number of rotatable bonds is 3. The van der Waals surface area contributed by atoms with Crippen molar-refractivity contribution in [3.05, 3.63) is 28.2 Å². The molecule has 0 saturated carbocycles. The predicted molar refractivity (Wildman–Crippen MR) is 72.9 cm³/mol. The predicted octanol–water partition coefficient (Wildman–Crippen LogP) is 4.48. The largest absolute Gasteiger partial charge is 0.344 e. The van der Waals surface area contributed by atoms with Gasteiger partial charge in [-0.25, -0.2) is 0 Å². The number of hydrogen-bond acceptors (Lipinski definition) is 1. The molecular formula is C12H16Cl2N2. The number of hydrogen-bond donors (Lipinski definition) is 1. The van der Waals surface area contributed by atoms with Crippen molar-refractivity contribution in [2.45, 2.75) is 20.3 Å². The summed E-state index contributed by atoms with van der Waals surface area (Å²) in [5, 5.41) is 4.36. The number of nitrogens with one attached hydrogen (secondary N) is 1. The monoisotopic (exact) mass is 258 g/mol. The second-order valence-electron chi connectivity index (χ2n) is 3.67. The van der Waals surface area contributed by atoms with Crippen molar-refractivity contribution in [2.75, 3.05) is 12.4 Å². The first-order valence-corrected chi connectivity index (χ1v) is 6.02. The molecule has 2 nitrogen and oxygen atoms in total. The lowest BCUT2D eigenvalue weighted by molar-refractivity contribution is 0.736. The topological polar surface area (TPSA) is 24.4 Å². The molecule has 88 valence electrons. The summed E-state index contributed by atoms with van der Waals surface area (Å²) in [6.45, 7) is 4.26. The molecule has 0 amide bonds. The number of halogens is 2. The van der Waals surface area contributed by atoms with E-state index in [1.54, 1.807) is 19.2 Å². The second kappa shape index (κ2) is 6.12. The zero-order chi connectivity index (χ0) is 12.1. The van der Waals surface area contributed by atoms with Crippen LogP contribution in [-0.4, -0.2) is 12.9 Å². The minimum atomic E-state index is 0.402. The summed E-state index contributed by atoms with van der Waals surface area (Å²) in [5.74, 6) is 1.36. The number of nitrogens with zero attached hydrogens (tertiary/aromatic N) is 1. The van der Waals surface area contributed by atoms with Gasteiger partial charge in [0.25, 0.3) is 0 Å². The number of anilines is 1. The van der Waals surface area contributed by atoms with Crippen molar-refractivity contribution in [3.8, 4) is 0 Å². The standard InChI is InChI=1S/C12H16Cl2N2/c1-4-8(2)12(15-3)16-9-5-6-10(13)11(14)7-9/h5-8H,4H2,1-3H3,(H,15,16)/t8-/m1/s1. The summed E-state index contributed by atoms with van der Waals surface area (Å²) in [6, 6.07) is 5.47. The van der Waals surface area contributed by atoms with Crippen LogP contribution in [0.25, 0.3) is 0 Å². The molecule has 0 aliphatic heterocycles. The molecule has 0 radical (unpaired) electrons. The molecule has 1 atom stereocenters. The van der Waals surface area contributed by atoms with E-state index in [2.05, 4.69) is 24.2 Å². The lowest BCUT2D eigenvalue weighted by Crippen LogP contribution is -2.20. The van der Waals surface area contributed by atoms with E-state index in [1.807, 2.05) is 6.07 Å². The summed E-state index contributed by atoms with van der Waals surface area (Å²) in [5.41, 5.74) is 0.912. The molecule has 0 aliphatic rings. The van der Waals surface area contributed by atoms with E-state index in [4.69, 9.17) is 23.2 Å². The van der Waals surface area contributed by atoms with E-state index in [-0.39, 0.29) is 0 Å². The molecular weight excluding hydrogens is 243 g/mol. The summed E-state index contributed by atoms with van der Waals surface area (Å²) >= 11 is 11.8. The maximum atomic E-state index is 5.94. The fourth-order valence-corrected chi connectivity index (χ4v) is 1.61. The summed E-state index contributed by atoms with van der Waals surface area (Å²) < 4.78 is 0. The highest BCUT2D eigenvalue weighted by Crippen LogP contribution is 2.25. The fraction of sp³-hybridized carbons (Fsp3) is 0.417. The van der Waals surface area contributed by atoms with Gasteiger partial charge in [0.1, 0.15) is 5.84 Å². The number of aliphatic imine (C=N–C) groups is 1. The minimum Gasteiger partial charge on any atom is -0.344 e. The fourth-order valence-electron chi connectivity index (χ4n) is 1.31. The van der Waals surface area contributed by atoms with Crippen LogP contribution in [-0.2, 0) is 0 Å².